The van der Waals surface area contributed by atoms with Gasteiger partial charge in [0.05, 0.1) is 0 Å². The smallest absolute Gasteiger partial charge is 0.116 e. The van der Waals surface area contributed by atoms with Gasteiger partial charge in [0, 0.05) is 12.1 Å². The summed E-state index contributed by atoms with van der Waals surface area (Å²) in [6, 6.07) is 0.518. The first kappa shape index (κ1) is 14.8. The Morgan fingerprint density at radius 1 is 1.20 bits per heavy atom. The van der Waals surface area contributed by atoms with Crippen molar-refractivity contribution in [2.24, 2.45) is 5.73 Å². The summed E-state index contributed by atoms with van der Waals surface area (Å²) in [5.41, 5.74) is 4.36. The summed E-state index contributed by atoms with van der Waals surface area (Å²) in [6.45, 7) is 9.97. The molecule has 0 bridgehead atoms. The molecule has 0 spiro atoms. The van der Waals surface area contributed by atoms with Crippen molar-refractivity contribution >= 4 is 0 Å². The third-order valence-corrected chi connectivity index (χ3v) is 2.58. The van der Waals surface area contributed by atoms with Crippen LogP contribution in [0.15, 0.2) is 0 Å². The predicted octanol–water partition coefficient (Wildman–Crippen LogP) is 0.871. The summed E-state index contributed by atoms with van der Waals surface area (Å²) in [7, 11) is 0. The maximum absolute atomic E-state index is 10.3. The van der Waals surface area contributed by atoms with Crippen molar-refractivity contribution < 1.29 is 10.2 Å². The predicted molar refractivity (Wildman–Crippen MR) is 62.2 cm³/mol. The molecule has 0 aromatic heterocycles. The maximum atomic E-state index is 10.3. The highest BCUT2D eigenvalue weighted by atomic mass is 16.3. The first-order valence-electron chi connectivity index (χ1n) is 5.63. The molecule has 0 aliphatic carbocycles. The topological polar surface area (TPSA) is 69.7 Å². The van der Waals surface area contributed by atoms with Gasteiger partial charge in [-0.15, -0.1) is 0 Å². The molecule has 2 atom stereocenters. The van der Waals surface area contributed by atoms with Gasteiger partial charge in [-0.3, -0.25) is 4.90 Å². The molecule has 15 heavy (non-hydrogen) atoms. The second kappa shape index (κ2) is 5.80. The Balaban J connectivity index is 4.49. The number of aliphatic hydroxyl groups excluding tert-OH is 1. The summed E-state index contributed by atoms with van der Waals surface area (Å²) in [4.78, 5) is 2.02. The number of nitrogens with two attached hydrogens (primary N) is 1. The van der Waals surface area contributed by atoms with Crippen molar-refractivity contribution in [1.82, 2.24) is 4.90 Å². The molecule has 4 N–H and O–H groups in total. The van der Waals surface area contributed by atoms with E-state index in [1.165, 1.54) is 0 Å². The van der Waals surface area contributed by atoms with Gasteiger partial charge in [0.2, 0.25) is 0 Å². The van der Waals surface area contributed by atoms with E-state index in [2.05, 4.69) is 0 Å². The van der Waals surface area contributed by atoms with Crippen LogP contribution < -0.4 is 5.73 Å². The van der Waals surface area contributed by atoms with Gasteiger partial charge in [0.1, 0.15) is 12.0 Å². The van der Waals surface area contributed by atoms with Gasteiger partial charge in [-0.25, -0.2) is 0 Å². The second-order valence-corrected chi connectivity index (χ2v) is 4.92. The average Bonchev–Trinajstić information content (AvgIpc) is 1.98. The highest BCUT2D eigenvalue weighted by molar-refractivity contribution is 4.81. The van der Waals surface area contributed by atoms with Crippen LogP contribution in [0, 0.1) is 0 Å². The first-order chi connectivity index (χ1) is 6.68. The lowest BCUT2D eigenvalue weighted by atomic mass is 10.0. The minimum absolute atomic E-state index is 0.259. The van der Waals surface area contributed by atoms with E-state index < -0.39 is 12.0 Å². The summed E-state index contributed by atoms with van der Waals surface area (Å²) in [5, 5.41) is 19.3. The molecule has 2 unspecified atom stereocenters. The van der Waals surface area contributed by atoms with Crippen LogP contribution in [0.5, 0.6) is 0 Å². The van der Waals surface area contributed by atoms with Gasteiger partial charge < -0.3 is 15.9 Å². The van der Waals surface area contributed by atoms with Crippen molar-refractivity contribution in [3.05, 3.63) is 0 Å². The molecule has 0 saturated heterocycles. The Kier molecular flexibility index (Phi) is 5.73. The Labute approximate surface area is 93.1 Å². The van der Waals surface area contributed by atoms with Crippen LogP contribution in [0.3, 0.4) is 0 Å². The molecule has 0 amide bonds. The SMILES string of the molecule is CC(C)N(C(C)C)C(C)(O)CCC(N)O. The minimum atomic E-state index is -0.914. The monoisotopic (exact) mass is 218 g/mol. The van der Waals surface area contributed by atoms with Crippen molar-refractivity contribution in [2.45, 2.75) is 71.5 Å². The molecule has 4 heteroatoms. The minimum Gasteiger partial charge on any atom is -0.379 e. The zero-order valence-electron chi connectivity index (χ0n) is 10.6. The van der Waals surface area contributed by atoms with E-state index in [0.29, 0.717) is 12.8 Å². The largest absolute Gasteiger partial charge is 0.379 e. The van der Waals surface area contributed by atoms with Crippen molar-refractivity contribution in [3.8, 4) is 0 Å². The van der Waals surface area contributed by atoms with E-state index in [0.717, 1.165) is 0 Å². The Morgan fingerprint density at radius 2 is 1.60 bits per heavy atom. The molecule has 0 radical (unpaired) electrons. The number of rotatable bonds is 6. The van der Waals surface area contributed by atoms with Crippen molar-refractivity contribution in [2.75, 3.05) is 0 Å². The Hall–Kier alpha value is -0.160. The second-order valence-electron chi connectivity index (χ2n) is 4.92. The molecule has 92 valence electrons. The lowest BCUT2D eigenvalue weighted by Crippen LogP contribution is -2.53. The Morgan fingerprint density at radius 3 is 1.87 bits per heavy atom. The quantitative estimate of drug-likeness (QED) is 0.579. The van der Waals surface area contributed by atoms with Gasteiger partial charge in [0.15, 0.2) is 0 Å². The summed E-state index contributed by atoms with van der Waals surface area (Å²) in [5.74, 6) is 0. The standard InChI is InChI=1S/C11H26N2O2/c1-8(2)13(9(3)4)11(5,15)7-6-10(12)14/h8-10,14-15H,6-7,12H2,1-5H3. The molecule has 4 nitrogen and oxygen atoms in total. The zero-order valence-corrected chi connectivity index (χ0v) is 10.6. The van der Waals surface area contributed by atoms with Crippen molar-refractivity contribution in [3.63, 3.8) is 0 Å². The molecular weight excluding hydrogens is 192 g/mol. The van der Waals surface area contributed by atoms with Crippen LogP contribution in [0.1, 0.15) is 47.5 Å². The van der Waals surface area contributed by atoms with E-state index >= 15 is 0 Å². The fraction of sp³-hybridized carbons (Fsp3) is 1.00. The summed E-state index contributed by atoms with van der Waals surface area (Å²) < 4.78 is 0. The molecule has 0 rings (SSSR count). The van der Waals surface area contributed by atoms with Crippen LogP contribution >= 0.6 is 0 Å². The fourth-order valence-electron chi connectivity index (χ4n) is 2.26. The van der Waals surface area contributed by atoms with E-state index in [4.69, 9.17) is 10.8 Å². The van der Waals surface area contributed by atoms with Gasteiger partial charge >= 0.3 is 0 Å². The maximum Gasteiger partial charge on any atom is 0.116 e. The molecule has 0 fully saturated rings. The van der Waals surface area contributed by atoms with Crippen LogP contribution in [0.4, 0.5) is 0 Å². The normalized spacial score (nSPS) is 18.6. The molecule has 0 aromatic carbocycles. The number of hydrogen-bond donors (Lipinski definition) is 3. The first-order valence-corrected chi connectivity index (χ1v) is 5.63. The summed E-state index contributed by atoms with van der Waals surface area (Å²) >= 11 is 0. The fourth-order valence-corrected chi connectivity index (χ4v) is 2.26. The summed E-state index contributed by atoms with van der Waals surface area (Å²) in [6.07, 6.45) is 0.0295. The Bertz CT molecular complexity index is 171. The molecule has 0 aliphatic rings. The van der Waals surface area contributed by atoms with E-state index in [1.807, 2.05) is 32.6 Å². The highest BCUT2D eigenvalue weighted by Gasteiger charge is 2.32. The zero-order chi connectivity index (χ0) is 12.2. The molecule has 0 heterocycles. The van der Waals surface area contributed by atoms with Gasteiger partial charge in [-0.1, -0.05) is 0 Å². The molecular formula is C11H26N2O2. The lowest BCUT2D eigenvalue weighted by molar-refractivity contribution is -0.134. The molecule has 0 aliphatic heterocycles. The lowest BCUT2D eigenvalue weighted by Gasteiger charge is -2.43. The van der Waals surface area contributed by atoms with Gasteiger partial charge in [0.25, 0.3) is 0 Å². The van der Waals surface area contributed by atoms with Crippen LogP contribution in [-0.2, 0) is 0 Å². The van der Waals surface area contributed by atoms with E-state index in [9.17, 15) is 5.11 Å². The molecule has 0 saturated carbocycles. The number of nitrogens with zero attached hydrogens (tertiary/aromatic N) is 1. The van der Waals surface area contributed by atoms with E-state index in [-0.39, 0.29) is 12.1 Å². The van der Waals surface area contributed by atoms with Crippen LogP contribution in [0.2, 0.25) is 0 Å². The highest BCUT2D eigenvalue weighted by Crippen LogP contribution is 2.23. The van der Waals surface area contributed by atoms with Crippen LogP contribution in [-0.4, -0.2) is 39.1 Å². The van der Waals surface area contributed by atoms with E-state index in [1.54, 1.807) is 6.92 Å². The van der Waals surface area contributed by atoms with Crippen LogP contribution in [0.25, 0.3) is 0 Å². The third-order valence-electron chi connectivity index (χ3n) is 2.58. The van der Waals surface area contributed by atoms with Gasteiger partial charge in [-0.2, -0.15) is 0 Å². The average molecular weight is 218 g/mol. The number of hydrogen-bond acceptors (Lipinski definition) is 4. The number of aliphatic hydroxyl groups is 2. The van der Waals surface area contributed by atoms with Gasteiger partial charge in [-0.05, 0) is 47.5 Å². The molecule has 0 aromatic rings. The van der Waals surface area contributed by atoms with Crippen molar-refractivity contribution in [1.29, 1.82) is 0 Å². The third kappa shape index (κ3) is 4.93.